The molecule has 1 rings (SSSR count). The van der Waals surface area contributed by atoms with Crippen molar-refractivity contribution < 1.29 is 4.84 Å². The SMILES string of the molecule is CNC1C=C(C)ON1. The maximum atomic E-state index is 4.90. The van der Waals surface area contributed by atoms with E-state index in [1.54, 1.807) is 0 Å². The summed E-state index contributed by atoms with van der Waals surface area (Å²) < 4.78 is 0. The van der Waals surface area contributed by atoms with E-state index in [2.05, 4.69) is 10.8 Å². The van der Waals surface area contributed by atoms with E-state index in [9.17, 15) is 0 Å². The molecule has 0 fully saturated rings. The van der Waals surface area contributed by atoms with E-state index in [1.807, 2.05) is 20.0 Å². The predicted molar refractivity (Wildman–Crippen MR) is 30.8 cm³/mol. The third-order valence-corrected chi connectivity index (χ3v) is 1.06. The molecule has 46 valence electrons. The number of nitrogens with one attached hydrogen (secondary N) is 2. The summed E-state index contributed by atoms with van der Waals surface area (Å²) in [6.45, 7) is 1.91. The van der Waals surface area contributed by atoms with Gasteiger partial charge in [-0.25, -0.2) is 0 Å². The molecule has 1 heterocycles. The fraction of sp³-hybridized carbons (Fsp3) is 0.600. The van der Waals surface area contributed by atoms with Crippen LogP contribution in [-0.2, 0) is 4.84 Å². The number of likely N-dealkylation sites (N-methyl/N-ethyl adjacent to an activating group) is 1. The highest BCUT2D eigenvalue weighted by molar-refractivity contribution is 4.99. The van der Waals surface area contributed by atoms with E-state index in [-0.39, 0.29) is 6.17 Å². The van der Waals surface area contributed by atoms with Crippen molar-refractivity contribution in [1.29, 1.82) is 0 Å². The van der Waals surface area contributed by atoms with E-state index in [1.165, 1.54) is 0 Å². The Hall–Kier alpha value is -0.540. The average molecular weight is 114 g/mol. The average Bonchev–Trinajstić information content (AvgIpc) is 2.14. The summed E-state index contributed by atoms with van der Waals surface area (Å²) in [6, 6.07) is 0. The zero-order chi connectivity index (χ0) is 5.98. The van der Waals surface area contributed by atoms with Gasteiger partial charge in [0.15, 0.2) is 0 Å². The van der Waals surface area contributed by atoms with Gasteiger partial charge in [0, 0.05) is 0 Å². The van der Waals surface area contributed by atoms with Gasteiger partial charge in [0.25, 0.3) is 0 Å². The number of hydrogen-bond donors (Lipinski definition) is 2. The Morgan fingerprint density at radius 1 is 1.88 bits per heavy atom. The molecule has 0 spiro atoms. The van der Waals surface area contributed by atoms with Crippen LogP contribution in [0.2, 0.25) is 0 Å². The quantitative estimate of drug-likeness (QED) is 0.502. The standard InChI is InChI=1S/C5H10N2O/c1-4-3-5(6-2)7-8-4/h3,5-7H,1-2H3. The normalized spacial score (nSPS) is 27.2. The molecule has 3 nitrogen and oxygen atoms in total. The van der Waals surface area contributed by atoms with Gasteiger partial charge in [-0.3, -0.25) is 5.32 Å². The molecule has 0 radical (unpaired) electrons. The molecule has 0 amide bonds. The van der Waals surface area contributed by atoms with Crippen LogP contribution in [0.1, 0.15) is 6.92 Å². The molecule has 0 bridgehead atoms. The minimum Gasteiger partial charge on any atom is -0.412 e. The van der Waals surface area contributed by atoms with Gasteiger partial charge in [-0.2, -0.15) is 0 Å². The fourth-order valence-electron chi connectivity index (χ4n) is 0.601. The lowest BCUT2D eigenvalue weighted by Crippen LogP contribution is -2.33. The van der Waals surface area contributed by atoms with Gasteiger partial charge in [0.1, 0.15) is 11.9 Å². The van der Waals surface area contributed by atoms with Crippen LogP contribution in [0.5, 0.6) is 0 Å². The molecule has 1 aliphatic rings. The van der Waals surface area contributed by atoms with Crippen LogP contribution >= 0.6 is 0 Å². The van der Waals surface area contributed by atoms with E-state index in [4.69, 9.17) is 4.84 Å². The number of allylic oxidation sites excluding steroid dienone is 1. The minimum absolute atomic E-state index is 0.190. The molecule has 0 saturated carbocycles. The molecule has 0 aromatic heterocycles. The summed E-state index contributed by atoms with van der Waals surface area (Å²) in [7, 11) is 1.87. The maximum absolute atomic E-state index is 4.90. The summed E-state index contributed by atoms with van der Waals surface area (Å²) in [6.07, 6.45) is 2.16. The molecule has 1 unspecified atom stereocenters. The van der Waals surface area contributed by atoms with Crippen LogP contribution in [0.15, 0.2) is 11.8 Å². The van der Waals surface area contributed by atoms with Crippen molar-refractivity contribution in [3.63, 3.8) is 0 Å². The molecular weight excluding hydrogens is 104 g/mol. The highest BCUT2D eigenvalue weighted by atomic mass is 16.7. The van der Waals surface area contributed by atoms with Gasteiger partial charge in [-0.1, -0.05) is 0 Å². The van der Waals surface area contributed by atoms with Crippen molar-refractivity contribution in [2.45, 2.75) is 13.1 Å². The van der Waals surface area contributed by atoms with Gasteiger partial charge in [-0.15, -0.1) is 5.48 Å². The number of hydrogen-bond acceptors (Lipinski definition) is 3. The van der Waals surface area contributed by atoms with Crippen LogP contribution in [0.3, 0.4) is 0 Å². The third kappa shape index (κ3) is 0.993. The third-order valence-electron chi connectivity index (χ3n) is 1.06. The largest absolute Gasteiger partial charge is 0.412 e. The van der Waals surface area contributed by atoms with Crippen LogP contribution in [0.25, 0.3) is 0 Å². The lowest BCUT2D eigenvalue weighted by atomic mass is 10.4. The molecule has 1 atom stereocenters. The Bertz CT molecular complexity index is 111. The van der Waals surface area contributed by atoms with E-state index in [0.29, 0.717) is 0 Å². The monoisotopic (exact) mass is 114 g/mol. The zero-order valence-corrected chi connectivity index (χ0v) is 5.06. The summed E-state index contributed by atoms with van der Waals surface area (Å²) in [4.78, 5) is 4.90. The van der Waals surface area contributed by atoms with Crippen LogP contribution in [0, 0.1) is 0 Å². The first-order chi connectivity index (χ1) is 3.83. The van der Waals surface area contributed by atoms with Crippen LogP contribution < -0.4 is 10.8 Å². The Labute approximate surface area is 48.7 Å². The Morgan fingerprint density at radius 3 is 2.88 bits per heavy atom. The van der Waals surface area contributed by atoms with Crippen molar-refractivity contribution in [3.05, 3.63) is 11.8 Å². The first kappa shape index (κ1) is 5.59. The van der Waals surface area contributed by atoms with E-state index in [0.717, 1.165) is 5.76 Å². The topological polar surface area (TPSA) is 33.3 Å². The maximum Gasteiger partial charge on any atom is 0.120 e. The molecule has 0 aromatic carbocycles. The predicted octanol–water partition coefficient (Wildman–Crippen LogP) is -0.0295. The Kier molecular flexibility index (Phi) is 1.50. The molecule has 0 aliphatic carbocycles. The van der Waals surface area contributed by atoms with Gasteiger partial charge < -0.3 is 4.84 Å². The van der Waals surface area contributed by atoms with Gasteiger partial charge in [0.2, 0.25) is 0 Å². The van der Waals surface area contributed by atoms with Crippen LogP contribution in [-0.4, -0.2) is 13.2 Å². The second-order valence-corrected chi connectivity index (χ2v) is 1.76. The summed E-state index contributed by atoms with van der Waals surface area (Å²) >= 11 is 0. The molecule has 2 N–H and O–H groups in total. The molecule has 0 saturated heterocycles. The Balaban J connectivity index is 2.41. The number of rotatable bonds is 1. The lowest BCUT2D eigenvalue weighted by Gasteiger charge is -2.02. The summed E-state index contributed by atoms with van der Waals surface area (Å²) in [5.74, 6) is 0.921. The molecule has 8 heavy (non-hydrogen) atoms. The van der Waals surface area contributed by atoms with Gasteiger partial charge in [0.05, 0.1) is 0 Å². The first-order valence-corrected chi connectivity index (χ1v) is 2.61. The Morgan fingerprint density at radius 2 is 2.62 bits per heavy atom. The molecule has 3 heteroatoms. The second-order valence-electron chi connectivity index (χ2n) is 1.76. The molecule has 0 aromatic rings. The summed E-state index contributed by atoms with van der Waals surface area (Å²) in [5, 5.41) is 2.98. The highest BCUT2D eigenvalue weighted by Gasteiger charge is 2.09. The second kappa shape index (κ2) is 2.15. The van der Waals surface area contributed by atoms with Crippen molar-refractivity contribution in [3.8, 4) is 0 Å². The van der Waals surface area contributed by atoms with Crippen LogP contribution in [0.4, 0.5) is 0 Å². The minimum atomic E-state index is 0.190. The van der Waals surface area contributed by atoms with E-state index >= 15 is 0 Å². The van der Waals surface area contributed by atoms with Gasteiger partial charge in [-0.05, 0) is 20.0 Å². The summed E-state index contributed by atoms with van der Waals surface area (Å²) in [5.41, 5.74) is 2.75. The highest BCUT2D eigenvalue weighted by Crippen LogP contribution is 2.01. The van der Waals surface area contributed by atoms with E-state index < -0.39 is 0 Å². The molecule has 1 aliphatic heterocycles. The smallest absolute Gasteiger partial charge is 0.120 e. The van der Waals surface area contributed by atoms with Gasteiger partial charge >= 0.3 is 0 Å². The lowest BCUT2D eigenvalue weighted by molar-refractivity contribution is 0.111. The van der Waals surface area contributed by atoms with Crippen molar-refractivity contribution in [2.75, 3.05) is 7.05 Å². The van der Waals surface area contributed by atoms with Crippen molar-refractivity contribution in [2.24, 2.45) is 0 Å². The van der Waals surface area contributed by atoms with Crippen molar-refractivity contribution >= 4 is 0 Å². The fourth-order valence-corrected chi connectivity index (χ4v) is 0.601. The van der Waals surface area contributed by atoms with Crippen molar-refractivity contribution in [1.82, 2.24) is 10.8 Å². The molecular formula is C5H10N2O. The zero-order valence-electron chi connectivity index (χ0n) is 5.06. The number of hydroxylamine groups is 1. The first-order valence-electron chi connectivity index (χ1n) is 2.61.